The minimum absolute atomic E-state index is 0.359. The monoisotopic (exact) mass is 278 g/mol. The Morgan fingerprint density at radius 1 is 1.42 bits per heavy atom. The average Bonchev–Trinajstić information content (AvgIpc) is 2.92. The zero-order valence-corrected chi connectivity index (χ0v) is 13.1. The van der Waals surface area contributed by atoms with Crippen molar-refractivity contribution in [3.63, 3.8) is 0 Å². The van der Waals surface area contributed by atoms with Gasteiger partial charge in [0.1, 0.15) is 5.01 Å². The molecule has 2 aromatic heterocycles. The number of thiazole rings is 1. The molecule has 0 aliphatic carbocycles. The number of aryl methyl sites for hydroxylation is 3. The summed E-state index contributed by atoms with van der Waals surface area (Å²) in [6, 6.07) is 0.359. The molecule has 0 aliphatic rings. The van der Waals surface area contributed by atoms with E-state index < -0.39 is 0 Å². The number of aromatic nitrogens is 3. The quantitative estimate of drug-likeness (QED) is 0.914. The largest absolute Gasteiger partial charge is 0.310 e. The van der Waals surface area contributed by atoms with Gasteiger partial charge in [0.2, 0.25) is 0 Å². The zero-order valence-electron chi connectivity index (χ0n) is 12.3. The molecule has 0 aromatic carbocycles. The van der Waals surface area contributed by atoms with Gasteiger partial charge in [-0.15, -0.1) is 11.3 Å². The van der Waals surface area contributed by atoms with Crippen molar-refractivity contribution in [1.82, 2.24) is 20.1 Å². The van der Waals surface area contributed by atoms with Gasteiger partial charge in [-0.2, -0.15) is 5.10 Å². The molecule has 4 nitrogen and oxygen atoms in total. The van der Waals surface area contributed by atoms with Crippen molar-refractivity contribution in [1.29, 1.82) is 0 Å². The summed E-state index contributed by atoms with van der Waals surface area (Å²) in [5, 5.41) is 9.03. The fourth-order valence-electron chi connectivity index (χ4n) is 2.30. The maximum Gasteiger partial charge on any atom is 0.127 e. The third-order valence-corrected chi connectivity index (χ3v) is 4.58. The molecule has 5 heteroatoms. The molecule has 2 heterocycles. The summed E-state index contributed by atoms with van der Waals surface area (Å²) < 4.78 is 1.87. The van der Waals surface area contributed by atoms with E-state index >= 15 is 0 Å². The topological polar surface area (TPSA) is 42.7 Å². The van der Waals surface area contributed by atoms with E-state index in [0.717, 1.165) is 29.4 Å². The molecule has 0 spiro atoms. The second-order valence-corrected chi connectivity index (χ2v) is 5.80. The number of hydrogen-bond donors (Lipinski definition) is 1. The lowest BCUT2D eigenvalue weighted by Gasteiger charge is -2.09. The standard InChI is InChI=1S/C14H22N4S/c1-6-12-11(8-18(5)17-12)14-16-10(4)13(19-14)9(3)15-7-2/h8-9,15H,6-7H2,1-5H3. The number of rotatable bonds is 5. The lowest BCUT2D eigenvalue weighted by molar-refractivity contribution is 0.603. The second-order valence-electron chi connectivity index (χ2n) is 4.76. The van der Waals surface area contributed by atoms with E-state index in [-0.39, 0.29) is 0 Å². The van der Waals surface area contributed by atoms with E-state index in [0.29, 0.717) is 6.04 Å². The molecule has 1 atom stereocenters. The first-order chi connectivity index (χ1) is 9.06. The highest BCUT2D eigenvalue weighted by molar-refractivity contribution is 7.15. The van der Waals surface area contributed by atoms with Crippen molar-refractivity contribution in [2.24, 2.45) is 7.05 Å². The normalized spacial score (nSPS) is 12.9. The Kier molecular flexibility index (Phi) is 4.37. The summed E-state index contributed by atoms with van der Waals surface area (Å²) in [6.07, 6.45) is 3.01. The highest BCUT2D eigenvalue weighted by atomic mass is 32.1. The zero-order chi connectivity index (χ0) is 14.0. The number of nitrogens with one attached hydrogen (secondary N) is 1. The van der Waals surface area contributed by atoms with Crippen LogP contribution in [0.1, 0.15) is 43.1 Å². The van der Waals surface area contributed by atoms with Gasteiger partial charge in [0.15, 0.2) is 0 Å². The van der Waals surface area contributed by atoms with Crippen molar-refractivity contribution in [2.75, 3.05) is 6.54 Å². The maximum absolute atomic E-state index is 4.73. The van der Waals surface area contributed by atoms with Gasteiger partial charge in [-0.05, 0) is 26.8 Å². The van der Waals surface area contributed by atoms with Gasteiger partial charge in [-0.3, -0.25) is 4.68 Å². The average molecular weight is 278 g/mol. The van der Waals surface area contributed by atoms with Gasteiger partial charge >= 0.3 is 0 Å². The second kappa shape index (κ2) is 5.84. The highest BCUT2D eigenvalue weighted by Crippen LogP contribution is 2.33. The Labute approximate surface area is 118 Å². The number of nitrogens with zero attached hydrogens (tertiary/aromatic N) is 3. The summed E-state index contributed by atoms with van der Waals surface area (Å²) in [6.45, 7) is 9.52. The van der Waals surface area contributed by atoms with Crippen LogP contribution in [0, 0.1) is 6.92 Å². The van der Waals surface area contributed by atoms with Crippen LogP contribution in [-0.4, -0.2) is 21.3 Å². The summed E-state index contributed by atoms with van der Waals surface area (Å²) in [5.74, 6) is 0. The van der Waals surface area contributed by atoms with Crippen molar-refractivity contribution < 1.29 is 0 Å². The lowest BCUT2D eigenvalue weighted by atomic mass is 10.2. The molecule has 1 unspecified atom stereocenters. The van der Waals surface area contributed by atoms with Gasteiger partial charge in [0.05, 0.1) is 17.0 Å². The van der Waals surface area contributed by atoms with Crippen molar-refractivity contribution >= 4 is 11.3 Å². The van der Waals surface area contributed by atoms with Gasteiger partial charge in [-0.1, -0.05) is 13.8 Å². The van der Waals surface area contributed by atoms with Crippen LogP contribution in [0.2, 0.25) is 0 Å². The van der Waals surface area contributed by atoms with Gasteiger partial charge in [0, 0.05) is 24.2 Å². The van der Waals surface area contributed by atoms with E-state index in [1.807, 2.05) is 11.7 Å². The van der Waals surface area contributed by atoms with Crippen LogP contribution in [0.3, 0.4) is 0 Å². The van der Waals surface area contributed by atoms with Crippen molar-refractivity contribution in [3.05, 3.63) is 22.5 Å². The van der Waals surface area contributed by atoms with E-state index in [1.165, 1.54) is 10.4 Å². The van der Waals surface area contributed by atoms with Crippen molar-refractivity contribution in [2.45, 2.75) is 40.2 Å². The number of hydrogen-bond acceptors (Lipinski definition) is 4. The molecule has 2 aromatic rings. The lowest BCUT2D eigenvalue weighted by Crippen LogP contribution is -2.17. The maximum atomic E-state index is 4.73. The molecular weight excluding hydrogens is 256 g/mol. The SMILES string of the molecule is CCNC(C)c1sc(-c2cn(C)nc2CC)nc1C. The smallest absolute Gasteiger partial charge is 0.127 e. The predicted octanol–water partition coefficient (Wildman–Crippen LogP) is 3.08. The van der Waals surface area contributed by atoms with Crippen LogP contribution in [0.4, 0.5) is 0 Å². The molecule has 0 amide bonds. The Bertz CT molecular complexity index is 556. The third-order valence-electron chi connectivity index (χ3n) is 3.21. The molecule has 0 fully saturated rings. The van der Waals surface area contributed by atoms with Crippen LogP contribution in [-0.2, 0) is 13.5 Å². The molecule has 0 saturated heterocycles. The summed E-state index contributed by atoms with van der Waals surface area (Å²) in [7, 11) is 1.96. The first-order valence-corrected chi connectivity index (χ1v) is 7.62. The molecule has 0 bridgehead atoms. The van der Waals surface area contributed by atoms with Crippen LogP contribution >= 0.6 is 11.3 Å². The fraction of sp³-hybridized carbons (Fsp3) is 0.571. The highest BCUT2D eigenvalue weighted by Gasteiger charge is 2.17. The predicted molar refractivity (Wildman–Crippen MR) is 80.5 cm³/mol. The Hall–Kier alpha value is -1.20. The van der Waals surface area contributed by atoms with Crippen LogP contribution in [0.15, 0.2) is 6.20 Å². The van der Waals surface area contributed by atoms with E-state index in [2.05, 4.69) is 44.3 Å². The summed E-state index contributed by atoms with van der Waals surface area (Å²) in [4.78, 5) is 6.05. The van der Waals surface area contributed by atoms with Gasteiger partial charge in [0.25, 0.3) is 0 Å². The van der Waals surface area contributed by atoms with E-state index in [9.17, 15) is 0 Å². The first kappa shape index (κ1) is 14.2. The van der Waals surface area contributed by atoms with Crippen LogP contribution in [0.5, 0.6) is 0 Å². The third kappa shape index (κ3) is 2.87. The molecule has 0 radical (unpaired) electrons. The molecular formula is C14H22N4S. The minimum atomic E-state index is 0.359. The van der Waals surface area contributed by atoms with Crippen molar-refractivity contribution in [3.8, 4) is 10.6 Å². The molecule has 2 rings (SSSR count). The first-order valence-electron chi connectivity index (χ1n) is 6.80. The Morgan fingerprint density at radius 2 is 2.16 bits per heavy atom. The molecule has 0 saturated carbocycles. The fourth-order valence-corrected chi connectivity index (χ4v) is 3.42. The van der Waals surface area contributed by atoms with Gasteiger partial charge in [-0.25, -0.2) is 4.98 Å². The molecule has 19 heavy (non-hydrogen) atoms. The molecule has 0 aliphatic heterocycles. The summed E-state index contributed by atoms with van der Waals surface area (Å²) >= 11 is 1.78. The summed E-state index contributed by atoms with van der Waals surface area (Å²) in [5.41, 5.74) is 3.42. The molecule has 1 N–H and O–H groups in total. The van der Waals surface area contributed by atoms with Crippen LogP contribution in [0.25, 0.3) is 10.6 Å². The minimum Gasteiger partial charge on any atom is -0.310 e. The Balaban J connectivity index is 2.38. The Morgan fingerprint density at radius 3 is 2.79 bits per heavy atom. The van der Waals surface area contributed by atoms with E-state index in [4.69, 9.17) is 4.98 Å². The van der Waals surface area contributed by atoms with Crippen LogP contribution < -0.4 is 5.32 Å². The van der Waals surface area contributed by atoms with E-state index in [1.54, 1.807) is 11.3 Å². The van der Waals surface area contributed by atoms with Gasteiger partial charge < -0.3 is 5.32 Å². The molecule has 104 valence electrons.